The molecular formula is C16H22O5S. The molecule has 0 saturated heterocycles. The van der Waals surface area contributed by atoms with E-state index >= 15 is 0 Å². The van der Waals surface area contributed by atoms with Crippen molar-refractivity contribution in [3.05, 3.63) is 29.8 Å². The minimum absolute atomic E-state index is 0.169. The largest absolute Gasteiger partial charge is 0.462 e. The third kappa shape index (κ3) is 4.94. The second-order valence-corrected chi connectivity index (χ2v) is 7.37. The van der Waals surface area contributed by atoms with Crippen LogP contribution in [-0.4, -0.2) is 32.0 Å². The number of hydrogen-bond donors (Lipinski definition) is 0. The number of sulfone groups is 1. The van der Waals surface area contributed by atoms with Gasteiger partial charge in [0.05, 0.1) is 16.6 Å². The second kappa shape index (κ2) is 7.54. The number of esters is 1. The van der Waals surface area contributed by atoms with Crippen LogP contribution in [0.5, 0.6) is 0 Å². The number of ketones is 1. The first-order valence-electron chi connectivity index (χ1n) is 7.16. The summed E-state index contributed by atoms with van der Waals surface area (Å²) >= 11 is 0. The maximum Gasteiger partial charge on any atom is 0.302 e. The molecule has 0 aliphatic heterocycles. The van der Waals surface area contributed by atoms with E-state index < -0.39 is 27.8 Å². The molecule has 1 rings (SSSR count). The van der Waals surface area contributed by atoms with Crippen LogP contribution in [0.1, 0.15) is 32.8 Å². The molecule has 0 aliphatic rings. The predicted octanol–water partition coefficient (Wildman–Crippen LogP) is 2.32. The van der Waals surface area contributed by atoms with E-state index in [1.807, 2.05) is 6.92 Å². The molecule has 0 heterocycles. The van der Waals surface area contributed by atoms with Gasteiger partial charge in [0.15, 0.2) is 9.84 Å². The molecule has 6 heteroatoms. The molecular weight excluding hydrogens is 304 g/mol. The summed E-state index contributed by atoms with van der Waals surface area (Å²) in [5.74, 6) is -1.99. The summed E-state index contributed by atoms with van der Waals surface area (Å²) < 4.78 is 30.0. The summed E-state index contributed by atoms with van der Waals surface area (Å²) in [5.41, 5.74) is 0.952. The minimum atomic E-state index is -3.62. The van der Waals surface area contributed by atoms with Crippen molar-refractivity contribution >= 4 is 21.6 Å². The van der Waals surface area contributed by atoms with E-state index in [0.717, 1.165) is 5.56 Å². The number of carbonyl (C=O) groups is 2. The Bertz CT molecular complexity index is 631. The van der Waals surface area contributed by atoms with Gasteiger partial charge in [0.1, 0.15) is 11.9 Å². The van der Waals surface area contributed by atoms with Crippen molar-refractivity contribution in [1.29, 1.82) is 0 Å². The van der Waals surface area contributed by atoms with Crippen molar-refractivity contribution in [2.75, 3.05) is 5.75 Å². The highest BCUT2D eigenvalue weighted by Crippen LogP contribution is 2.20. The van der Waals surface area contributed by atoms with Crippen LogP contribution in [0.25, 0.3) is 0 Å². The molecule has 0 bridgehead atoms. The topological polar surface area (TPSA) is 77.5 Å². The Labute approximate surface area is 131 Å². The molecule has 0 radical (unpaired) electrons. The maximum atomic E-state index is 12.5. The van der Waals surface area contributed by atoms with Crippen LogP contribution in [0, 0.1) is 12.8 Å². The lowest BCUT2D eigenvalue weighted by Crippen LogP contribution is -2.35. The Morgan fingerprint density at radius 1 is 1.18 bits per heavy atom. The van der Waals surface area contributed by atoms with E-state index in [9.17, 15) is 18.0 Å². The van der Waals surface area contributed by atoms with Crippen molar-refractivity contribution in [1.82, 2.24) is 0 Å². The van der Waals surface area contributed by atoms with Gasteiger partial charge in [-0.2, -0.15) is 0 Å². The summed E-state index contributed by atoms with van der Waals surface area (Å²) in [7, 11) is -3.62. The number of rotatable bonds is 7. The number of benzene rings is 1. The zero-order valence-electron chi connectivity index (χ0n) is 13.3. The number of ether oxygens (including phenoxy) is 1. The van der Waals surface area contributed by atoms with E-state index in [4.69, 9.17) is 4.74 Å². The van der Waals surface area contributed by atoms with Crippen LogP contribution in [0.2, 0.25) is 0 Å². The van der Waals surface area contributed by atoms with E-state index in [0.29, 0.717) is 0 Å². The molecule has 22 heavy (non-hydrogen) atoms. The third-order valence-corrected chi connectivity index (χ3v) is 5.25. The molecule has 0 unspecified atom stereocenters. The molecule has 1 aromatic carbocycles. The molecule has 0 amide bonds. The summed E-state index contributed by atoms with van der Waals surface area (Å²) in [6.07, 6.45) is -0.579. The van der Waals surface area contributed by atoms with E-state index in [1.54, 1.807) is 26.0 Å². The molecule has 0 aliphatic carbocycles. The predicted molar refractivity (Wildman–Crippen MR) is 83.2 cm³/mol. The molecule has 0 spiro atoms. The van der Waals surface area contributed by atoms with Gasteiger partial charge >= 0.3 is 5.97 Å². The van der Waals surface area contributed by atoms with Gasteiger partial charge in [0, 0.05) is 13.3 Å². The van der Waals surface area contributed by atoms with Gasteiger partial charge in [-0.15, -0.1) is 0 Å². The number of hydrogen-bond acceptors (Lipinski definition) is 5. The number of Topliss-reactive ketones (excluding diaryl/α,β-unsaturated/α-hetero) is 1. The first-order chi connectivity index (χ1) is 10.2. The maximum absolute atomic E-state index is 12.5. The van der Waals surface area contributed by atoms with Crippen LogP contribution in [0.3, 0.4) is 0 Å². The lowest BCUT2D eigenvalue weighted by Gasteiger charge is -2.22. The number of aryl methyl sites for hydroxylation is 1. The van der Waals surface area contributed by atoms with Crippen LogP contribution in [0.4, 0.5) is 0 Å². The van der Waals surface area contributed by atoms with E-state index in [1.165, 1.54) is 19.1 Å². The highest BCUT2D eigenvalue weighted by molar-refractivity contribution is 7.91. The molecule has 5 nitrogen and oxygen atoms in total. The van der Waals surface area contributed by atoms with Crippen LogP contribution in [-0.2, 0) is 24.2 Å². The monoisotopic (exact) mass is 326 g/mol. The SMILES string of the molecule is CCC(=O)[C@H](CS(=O)(=O)c1ccc(C)cc1)[C@@H](C)OC(C)=O. The Hall–Kier alpha value is -1.69. The molecule has 122 valence electrons. The van der Waals surface area contributed by atoms with Gasteiger partial charge in [-0.3, -0.25) is 9.59 Å². The van der Waals surface area contributed by atoms with Crippen molar-refractivity contribution < 1.29 is 22.7 Å². The Morgan fingerprint density at radius 3 is 2.18 bits per heavy atom. The molecule has 0 fully saturated rings. The fourth-order valence-corrected chi connectivity index (χ4v) is 3.85. The van der Waals surface area contributed by atoms with Crippen molar-refractivity contribution in [2.24, 2.45) is 5.92 Å². The van der Waals surface area contributed by atoms with Gasteiger partial charge in [-0.05, 0) is 26.0 Å². The zero-order valence-corrected chi connectivity index (χ0v) is 14.1. The summed E-state index contributed by atoms with van der Waals surface area (Å²) in [4.78, 5) is 23.3. The third-order valence-electron chi connectivity index (χ3n) is 3.46. The lowest BCUT2D eigenvalue weighted by atomic mass is 9.99. The molecule has 2 atom stereocenters. The van der Waals surface area contributed by atoms with Gasteiger partial charge in [-0.25, -0.2) is 8.42 Å². The molecule has 0 saturated carbocycles. The zero-order chi connectivity index (χ0) is 16.9. The van der Waals surface area contributed by atoms with Gasteiger partial charge < -0.3 is 4.74 Å². The average Bonchev–Trinajstić information content (AvgIpc) is 2.43. The standard InChI is InChI=1S/C16H22O5S/c1-5-16(18)15(12(3)21-13(4)17)10-22(19,20)14-8-6-11(2)7-9-14/h6-9,12,15H,5,10H2,1-4H3/t12-,15-/m1/s1. The van der Waals surface area contributed by atoms with Crippen LogP contribution < -0.4 is 0 Å². The van der Waals surface area contributed by atoms with Gasteiger partial charge in [0.25, 0.3) is 0 Å². The quantitative estimate of drug-likeness (QED) is 0.719. The minimum Gasteiger partial charge on any atom is -0.462 e. The second-order valence-electron chi connectivity index (χ2n) is 5.34. The van der Waals surface area contributed by atoms with Gasteiger partial charge in [0.2, 0.25) is 0 Å². The summed E-state index contributed by atoms with van der Waals surface area (Å²) in [6, 6.07) is 6.46. The Morgan fingerprint density at radius 2 is 1.73 bits per heavy atom. The first kappa shape index (κ1) is 18.4. The van der Waals surface area contributed by atoms with Crippen molar-refractivity contribution in [3.63, 3.8) is 0 Å². The Kier molecular flexibility index (Phi) is 6.29. The number of carbonyl (C=O) groups excluding carboxylic acids is 2. The van der Waals surface area contributed by atoms with E-state index in [2.05, 4.69) is 0 Å². The lowest BCUT2D eigenvalue weighted by molar-refractivity contribution is -0.149. The van der Waals surface area contributed by atoms with Crippen molar-refractivity contribution in [3.8, 4) is 0 Å². The highest BCUT2D eigenvalue weighted by Gasteiger charge is 2.32. The van der Waals surface area contributed by atoms with Crippen LogP contribution >= 0.6 is 0 Å². The highest BCUT2D eigenvalue weighted by atomic mass is 32.2. The van der Waals surface area contributed by atoms with Crippen molar-refractivity contribution in [2.45, 2.75) is 45.1 Å². The normalized spacial score (nSPS) is 14.2. The van der Waals surface area contributed by atoms with E-state index in [-0.39, 0.29) is 22.9 Å². The fraction of sp³-hybridized carbons (Fsp3) is 0.500. The van der Waals surface area contributed by atoms with Gasteiger partial charge in [-0.1, -0.05) is 24.6 Å². The summed E-state index contributed by atoms with van der Waals surface area (Å²) in [5, 5.41) is 0. The van der Waals surface area contributed by atoms with Crippen LogP contribution in [0.15, 0.2) is 29.2 Å². The first-order valence-corrected chi connectivity index (χ1v) is 8.82. The average molecular weight is 326 g/mol. The smallest absolute Gasteiger partial charge is 0.302 e. The fourth-order valence-electron chi connectivity index (χ4n) is 2.17. The molecule has 0 aromatic heterocycles. The summed E-state index contributed by atoms with van der Waals surface area (Å²) in [6.45, 7) is 6.31. The molecule has 1 aromatic rings. The Balaban J connectivity index is 3.04. The molecule has 0 N–H and O–H groups in total.